The molecule has 2 heterocycles. The lowest BCUT2D eigenvalue weighted by Gasteiger charge is -2.35. The largest absolute Gasteiger partial charge is 0.396 e. The molecule has 2 aromatic heterocycles. The van der Waals surface area contributed by atoms with E-state index in [1.165, 1.54) is 17.3 Å². The lowest BCUT2D eigenvalue weighted by molar-refractivity contribution is -0.0346. The molecule has 0 radical (unpaired) electrons. The van der Waals surface area contributed by atoms with Gasteiger partial charge >= 0.3 is 0 Å². The average molecular weight is 365 g/mol. The first-order valence-corrected chi connectivity index (χ1v) is 7.52. The summed E-state index contributed by atoms with van der Waals surface area (Å²) in [5, 5.41) is 25.0. The second kappa shape index (κ2) is 7.18. The molecular weight excluding hydrogens is 351 g/mol. The van der Waals surface area contributed by atoms with Crippen LogP contribution < -0.4 is 0 Å². The van der Waals surface area contributed by atoms with Crippen LogP contribution in [0.4, 0.5) is 13.2 Å². The second-order valence-electron chi connectivity index (χ2n) is 5.63. The Morgan fingerprint density at radius 1 is 1.12 bits per heavy atom. The maximum atomic E-state index is 14.4. The molecule has 0 aliphatic rings. The number of nitrogens with zero attached hydrogens (tertiary/aromatic N) is 5. The van der Waals surface area contributed by atoms with Crippen molar-refractivity contribution in [1.29, 1.82) is 0 Å². The Morgan fingerprint density at radius 3 is 2.54 bits per heavy atom. The molecule has 0 amide bonds. The van der Waals surface area contributed by atoms with E-state index in [0.29, 0.717) is 6.07 Å². The van der Waals surface area contributed by atoms with E-state index < -0.39 is 35.6 Å². The van der Waals surface area contributed by atoms with Crippen LogP contribution in [-0.2, 0) is 12.1 Å². The molecule has 136 valence electrons. The Bertz CT molecular complexity index is 893. The highest BCUT2D eigenvalue weighted by Gasteiger charge is 2.44. The minimum absolute atomic E-state index is 0.311. The van der Waals surface area contributed by atoms with Crippen LogP contribution in [0.15, 0.2) is 43.4 Å². The third kappa shape index (κ3) is 3.28. The van der Waals surface area contributed by atoms with Gasteiger partial charge in [-0.15, -0.1) is 0 Å². The third-order valence-corrected chi connectivity index (χ3v) is 4.05. The molecule has 0 saturated heterocycles. The lowest BCUT2D eigenvalue weighted by Crippen LogP contribution is -2.41. The fourth-order valence-electron chi connectivity index (χ4n) is 2.83. The van der Waals surface area contributed by atoms with Gasteiger partial charge in [0.2, 0.25) is 0 Å². The highest BCUT2D eigenvalue weighted by atomic mass is 19.1. The fraction of sp³-hybridized carbons (Fsp3) is 0.250. The van der Waals surface area contributed by atoms with Crippen molar-refractivity contribution in [2.45, 2.75) is 18.1 Å². The number of hydrogen-bond acceptors (Lipinski definition) is 6. The fourth-order valence-corrected chi connectivity index (χ4v) is 2.83. The van der Waals surface area contributed by atoms with Crippen molar-refractivity contribution < 1.29 is 23.4 Å². The Hall–Kier alpha value is -2.85. The van der Waals surface area contributed by atoms with Gasteiger partial charge in [-0.05, 0) is 6.07 Å². The van der Waals surface area contributed by atoms with E-state index in [-0.39, 0.29) is 17.8 Å². The molecule has 7 nitrogen and oxygen atoms in total. The summed E-state index contributed by atoms with van der Waals surface area (Å²) in [7, 11) is 0. The van der Waals surface area contributed by atoms with E-state index in [1.807, 2.05) is 0 Å². The van der Waals surface area contributed by atoms with Crippen LogP contribution in [0, 0.1) is 17.5 Å². The highest BCUT2D eigenvalue weighted by molar-refractivity contribution is 5.30. The number of rotatable bonds is 6. The monoisotopic (exact) mass is 365 g/mol. The zero-order chi connectivity index (χ0) is 18.7. The summed E-state index contributed by atoms with van der Waals surface area (Å²) in [6.07, 6.45) is 4.36. The topological polar surface area (TPSA) is 97.0 Å². The Balaban J connectivity index is 2.17. The van der Waals surface area contributed by atoms with Gasteiger partial charge in [0.25, 0.3) is 0 Å². The summed E-state index contributed by atoms with van der Waals surface area (Å²) >= 11 is 0. The van der Waals surface area contributed by atoms with Crippen molar-refractivity contribution in [3.63, 3.8) is 0 Å². The van der Waals surface area contributed by atoms with Crippen LogP contribution in [0.2, 0.25) is 0 Å². The van der Waals surface area contributed by atoms with E-state index in [2.05, 4.69) is 20.1 Å². The Labute approximate surface area is 145 Å². The molecule has 0 fully saturated rings. The van der Waals surface area contributed by atoms with Gasteiger partial charge in [-0.2, -0.15) is 5.10 Å². The number of halogens is 3. The van der Waals surface area contributed by atoms with E-state index in [1.54, 1.807) is 0 Å². The van der Waals surface area contributed by atoms with E-state index in [0.717, 1.165) is 24.7 Å². The molecule has 0 unspecified atom stereocenters. The molecule has 26 heavy (non-hydrogen) atoms. The van der Waals surface area contributed by atoms with Gasteiger partial charge in [0.15, 0.2) is 5.82 Å². The van der Waals surface area contributed by atoms with Crippen LogP contribution in [-0.4, -0.2) is 41.6 Å². The van der Waals surface area contributed by atoms with Crippen molar-refractivity contribution in [3.05, 3.63) is 72.1 Å². The number of aromatic nitrogens is 5. The molecule has 2 atom stereocenters. The molecule has 10 heteroatoms. The SMILES string of the molecule is OC[C@@H](c1ncncc1F)[C@](O)(Cn1cncn1)c1ccc(F)cc1F. The van der Waals surface area contributed by atoms with Gasteiger partial charge in [0, 0.05) is 11.6 Å². The molecule has 1 aromatic carbocycles. The van der Waals surface area contributed by atoms with Gasteiger partial charge in [-0.1, -0.05) is 6.07 Å². The maximum Gasteiger partial charge on any atom is 0.163 e. The molecular formula is C16H14F3N5O2. The Kier molecular flexibility index (Phi) is 4.96. The lowest BCUT2D eigenvalue weighted by atomic mass is 9.79. The van der Waals surface area contributed by atoms with Crippen molar-refractivity contribution >= 4 is 0 Å². The van der Waals surface area contributed by atoms with Crippen molar-refractivity contribution in [2.24, 2.45) is 0 Å². The van der Waals surface area contributed by atoms with Gasteiger partial charge in [-0.25, -0.2) is 32.8 Å². The average Bonchev–Trinajstić information content (AvgIpc) is 3.09. The van der Waals surface area contributed by atoms with E-state index >= 15 is 0 Å². The smallest absolute Gasteiger partial charge is 0.163 e. The summed E-state index contributed by atoms with van der Waals surface area (Å²) in [6, 6.07) is 2.57. The van der Waals surface area contributed by atoms with Gasteiger partial charge < -0.3 is 10.2 Å². The van der Waals surface area contributed by atoms with Crippen LogP contribution in [0.25, 0.3) is 0 Å². The predicted molar refractivity (Wildman–Crippen MR) is 82.1 cm³/mol. The first-order chi connectivity index (χ1) is 12.5. The number of aliphatic hydroxyl groups excluding tert-OH is 1. The first-order valence-electron chi connectivity index (χ1n) is 7.52. The maximum absolute atomic E-state index is 14.4. The normalized spacial score (nSPS) is 14.8. The summed E-state index contributed by atoms with van der Waals surface area (Å²) < 4.78 is 43.1. The first kappa shape index (κ1) is 18.0. The minimum Gasteiger partial charge on any atom is -0.396 e. The summed E-state index contributed by atoms with van der Waals surface area (Å²) in [5.41, 5.74) is -2.85. The van der Waals surface area contributed by atoms with Crippen LogP contribution in [0.1, 0.15) is 17.2 Å². The molecule has 2 N–H and O–H groups in total. The number of hydrogen-bond donors (Lipinski definition) is 2. The Morgan fingerprint density at radius 2 is 1.92 bits per heavy atom. The van der Waals surface area contributed by atoms with Crippen molar-refractivity contribution in [3.8, 4) is 0 Å². The third-order valence-electron chi connectivity index (χ3n) is 4.05. The van der Waals surface area contributed by atoms with Crippen molar-refractivity contribution in [1.82, 2.24) is 24.7 Å². The molecule has 0 aliphatic carbocycles. The van der Waals surface area contributed by atoms with Gasteiger partial charge in [0.05, 0.1) is 31.0 Å². The zero-order valence-electron chi connectivity index (χ0n) is 13.3. The number of benzene rings is 1. The molecule has 0 spiro atoms. The zero-order valence-corrected chi connectivity index (χ0v) is 13.3. The van der Waals surface area contributed by atoms with E-state index in [4.69, 9.17) is 0 Å². The minimum atomic E-state index is -2.20. The second-order valence-corrected chi connectivity index (χ2v) is 5.63. The summed E-state index contributed by atoms with van der Waals surface area (Å²) in [5.74, 6) is -4.16. The van der Waals surface area contributed by atoms with Gasteiger partial charge in [0.1, 0.15) is 36.2 Å². The standard InChI is InChI=1S/C16H14F3N5O2/c17-10-1-2-11(13(18)3-10)16(26,6-24-9-21-8-23-24)12(5-25)15-14(19)4-20-7-22-15/h1-4,7-9,12,25-26H,5-6H2/t12-,16-/m0/s1. The summed E-state index contributed by atoms with van der Waals surface area (Å²) in [4.78, 5) is 11.0. The van der Waals surface area contributed by atoms with E-state index in [9.17, 15) is 23.4 Å². The highest BCUT2D eigenvalue weighted by Crippen LogP contribution is 2.39. The van der Waals surface area contributed by atoms with Crippen LogP contribution in [0.3, 0.4) is 0 Å². The molecule has 0 saturated carbocycles. The van der Waals surface area contributed by atoms with Crippen LogP contribution >= 0.6 is 0 Å². The van der Waals surface area contributed by atoms with Gasteiger partial charge in [-0.3, -0.25) is 0 Å². The van der Waals surface area contributed by atoms with Crippen LogP contribution in [0.5, 0.6) is 0 Å². The molecule has 0 aliphatic heterocycles. The predicted octanol–water partition coefficient (Wildman–Crippen LogP) is 1.15. The quantitative estimate of drug-likeness (QED) is 0.680. The number of aliphatic hydroxyl groups is 2. The molecule has 0 bridgehead atoms. The van der Waals surface area contributed by atoms with Crippen molar-refractivity contribution in [2.75, 3.05) is 6.61 Å². The molecule has 3 aromatic rings. The molecule has 3 rings (SSSR count). The summed E-state index contributed by atoms with van der Waals surface area (Å²) in [6.45, 7) is -1.15.